The number of rotatable bonds is 2. The molecule has 0 aromatic carbocycles. The van der Waals surface area contributed by atoms with E-state index in [1.54, 1.807) is 7.05 Å². The van der Waals surface area contributed by atoms with Gasteiger partial charge in [0.2, 0.25) is 0 Å². The molecule has 3 atom stereocenters. The van der Waals surface area contributed by atoms with Crippen molar-refractivity contribution in [2.24, 2.45) is 5.73 Å². The zero-order chi connectivity index (χ0) is 16.8. The van der Waals surface area contributed by atoms with Gasteiger partial charge >= 0.3 is 6.09 Å². The normalized spacial score (nSPS) is 23.2. The van der Waals surface area contributed by atoms with E-state index in [9.17, 15) is 15.0 Å². The maximum Gasteiger partial charge on any atom is 0.406 e. The lowest BCUT2D eigenvalue weighted by atomic mass is 10.0. The number of nitrogens with two attached hydrogens (primary N) is 1. The van der Waals surface area contributed by atoms with Crippen LogP contribution in [0.15, 0.2) is 0 Å². The van der Waals surface area contributed by atoms with Gasteiger partial charge in [-0.15, -0.1) is 12.8 Å². The molecule has 1 heterocycles. The largest absolute Gasteiger partial charge is 0.447 e. The average Bonchev–Trinajstić information content (AvgIpc) is 2.51. The van der Waals surface area contributed by atoms with E-state index in [1.165, 1.54) is 7.05 Å². The van der Waals surface area contributed by atoms with E-state index >= 15 is 0 Å². The molecule has 21 heavy (non-hydrogen) atoms. The number of ether oxygens (including phenoxy) is 2. The summed E-state index contributed by atoms with van der Waals surface area (Å²) in [4.78, 5) is 10.7. The summed E-state index contributed by atoms with van der Waals surface area (Å²) in [5.74, 6) is 0. The summed E-state index contributed by atoms with van der Waals surface area (Å²) < 4.78 is 9.84. The lowest BCUT2D eigenvalue weighted by Gasteiger charge is -2.31. The number of thiocarbonyl (C=S) groups is 1. The van der Waals surface area contributed by atoms with E-state index in [0.29, 0.717) is 18.1 Å². The zero-order valence-electron chi connectivity index (χ0n) is 12.1. The number of aliphatic hydroxyl groups excluding tert-OH is 2. The molecule has 2 unspecified atom stereocenters. The van der Waals surface area contributed by atoms with Gasteiger partial charge < -0.3 is 36.1 Å². The van der Waals surface area contributed by atoms with Crippen LogP contribution in [0.5, 0.6) is 0 Å². The summed E-state index contributed by atoms with van der Waals surface area (Å²) in [6.45, 7) is 0.303. The van der Waals surface area contributed by atoms with E-state index in [-0.39, 0.29) is 6.61 Å². The summed E-state index contributed by atoms with van der Waals surface area (Å²) in [5, 5.41) is 23.9. The molecule has 6 N–H and O–H groups in total. The molecule has 1 aliphatic rings. The highest BCUT2D eigenvalue weighted by atomic mass is 32.1. The van der Waals surface area contributed by atoms with Gasteiger partial charge in [-0.05, 0) is 18.6 Å². The molecule has 0 saturated carbocycles. The standard InChI is InChI=1S/C8H15NO5.C2H6N2S.C2H2/c1-9-8(12)14-4-6-7(11)5(10)2-3-13-6;1-4-2(3)5;1-2/h5-7,10-11H,2-4H2,1H3,(H,9,12);1H3,(H3,3,4,5);1-2H/t5?,6?,7-;;/m0../s1. The Labute approximate surface area is 130 Å². The number of hydrogen-bond donors (Lipinski definition) is 5. The van der Waals surface area contributed by atoms with Crippen molar-refractivity contribution in [3.63, 3.8) is 0 Å². The Morgan fingerprint density at radius 1 is 1.43 bits per heavy atom. The van der Waals surface area contributed by atoms with Gasteiger partial charge in [-0.1, -0.05) is 0 Å². The molecule has 0 aromatic rings. The second-order valence-electron chi connectivity index (χ2n) is 3.72. The molecule has 1 amide bonds. The van der Waals surface area contributed by atoms with E-state index < -0.39 is 24.4 Å². The highest BCUT2D eigenvalue weighted by Crippen LogP contribution is 2.14. The van der Waals surface area contributed by atoms with Crippen molar-refractivity contribution >= 4 is 23.4 Å². The van der Waals surface area contributed by atoms with Crippen molar-refractivity contribution in [2.45, 2.75) is 24.7 Å². The highest BCUT2D eigenvalue weighted by molar-refractivity contribution is 7.80. The Morgan fingerprint density at radius 3 is 2.38 bits per heavy atom. The van der Waals surface area contributed by atoms with Gasteiger partial charge in [-0.3, -0.25) is 0 Å². The molecule has 1 fully saturated rings. The van der Waals surface area contributed by atoms with E-state index in [1.807, 2.05) is 0 Å². The lowest BCUT2D eigenvalue weighted by Crippen LogP contribution is -2.47. The van der Waals surface area contributed by atoms with E-state index in [2.05, 4.69) is 35.7 Å². The predicted molar refractivity (Wildman–Crippen MR) is 82.5 cm³/mol. The molecule has 0 radical (unpaired) electrons. The smallest absolute Gasteiger partial charge is 0.406 e. The summed E-state index contributed by atoms with van der Waals surface area (Å²) in [6.07, 6.45) is 5.38. The first kappa shape index (κ1) is 21.7. The second-order valence-corrected chi connectivity index (χ2v) is 4.16. The van der Waals surface area contributed by atoms with Crippen LogP contribution in [0.3, 0.4) is 0 Å². The molecule has 8 nitrogen and oxygen atoms in total. The molecule has 0 bridgehead atoms. The van der Waals surface area contributed by atoms with Gasteiger partial charge in [-0.25, -0.2) is 4.79 Å². The minimum absolute atomic E-state index is 0.0576. The Balaban J connectivity index is 0. The topological polar surface area (TPSA) is 126 Å². The van der Waals surface area contributed by atoms with Gasteiger partial charge in [0.05, 0.1) is 6.10 Å². The zero-order valence-corrected chi connectivity index (χ0v) is 12.9. The highest BCUT2D eigenvalue weighted by Gasteiger charge is 2.32. The lowest BCUT2D eigenvalue weighted by molar-refractivity contribution is -0.147. The van der Waals surface area contributed by atoms with Crippen LogP contribution in [-0.2, 0) is 9.47 Å². The van der Waals surface area contributed by atoms with Crippen LogP contribution >= 0.6 is 12.2 Å². The number of carbonyl (C=O) groups is 1. The van der Waals surface area contributed by atoms with Crippen molar-refractivity contribution in [2.75, 3.05) is 27.3 Å². The summed E-state index contributed by atoms with van der Waals surface area (Å²) >= 11 is 4.36. The first-order valence-corrected chi connectivity index (χ1v) is 6.46. The van der Waals surface area contributed by atoms with Crippen LogP contribution in [0.25, 0.3) is 0 Å². The van der Waals surface area contributed by atoms with Crippen molar-refractivity contribution in [3.8, 4) is 12.8 Å². The molecule has 0 aromatic heterocycles. The fourth-order valence-electron chi connectivity index (χ4n) is 1.23. The SMILES string of the molecule is C#C.CNC(=O)OCC1OCCC(O)[C@@H]1O.CNC(N)=S. The maximum absolute atomic E-state index is 10.7. The third-order valence-corrected chi connectivity index (χ3v) is 2.55. The van der Waals surface area contributed by atoms with Crippen LogP contribution in [0, 0.1) is 12.8 Å². The Hall–Kier alpha value is -1.60. The predicted octanol–water partition coefficient (Wildman–Crippen LogP) is -1.45. The molecule has 0 aliphatic carbocycles. The molecule has 9 heteroatoms. The molecule has 1 aliphatic heterocycles. The van der Waals surface area contributed by atoms with Crippen LogP contribution in [0.2, 0.25) is 0 Å². The van der Waals surface area contributed by atoms with Gasteiger partial charge in [0.25, 0.3) is 0 Å². The fourth-order valence-corrected chi connectivity index (χ4v) is 1.23. The number of amides is 1. The number of hydrogen-bond acceptors (Lipinski definition) is 6. The molecule has 1 rings (SSSR count). The van der Waals surface area contributed by atoms with Crippen molar-refractivity contribution in [3.05, 3.63) is 0 Å². The van der Waals surface area contributed by atoms with Crippen molar-refractivity contribution < 1.29 is 24.5 Å². The Kier molecular flexibility index (Phi) is 13.8. The van der Waals surface area contributed by atoms with Crippen LogP contribution in [0.1, 0.15) is 6.42 Å². The molecule has 0 spiro atoms. The fraction of sp³-hybridized carbons (Fsp3) is 0.667. The van der Waals surface area contributed by atoms with Crippen molar-refractivity contribution in [1.29, 1.82) is 0 Å². The molecular weight excluding hydrogens is 298 g/mol. The number of alkyl carbamates (subject to hydrolysis) is 1. The van der Waals surface area contributed by atoms with Crippen LogP contribution < -0.4 is 16.4 Å². The molecule has 122 valence electrons. The van der Waals surface area contributed by atoms with Gasteiger partial charge in [0.15, 0.2) is 5.11 Å². The monoisotopic (exact) mass is 321 g/mol. The first-order chi connectivity index (χ1) is 9.92. The number of nitrogens with one attached hydrogen (secondary N) is 2. The summed E-state index contributed by atoms with van der Waals surface area (Å²) in [5.41, 5.74) is 4.91. The third-order valence-electron chi connectivity index (χ3n) is 2.35. The van der Waals surface area contributed by atoms with Crippen molar-refractivity contribution in [1.82, 2.24) is 10.6 Å². The maximum atomic E-state index is 10.7. The van der Waals surface area contributed by atoms with Gasteiger partial charge in [0, 0.05) is 20.7 Å². The molecular formula is C12H23N3O5S. The first-order valence-electron chi connectivity index (χ1n) is 6.05. The summed E-state index contributed by atoms with van der Waals surface area (Å²) in [7, 11) is 3.12. The third kappa shape index (κ3) is 10.8. The minimum atomic E-state index is -0.992. The average molecular weight is 321 g/mol. The number of terminal acetylenes is 1. The van der Waals surface area contributed by atoms with E-state index in [0.717, 1.165) is 0 Å². The van der Waals surface area contributed by atoms with Crippen LogP contribution in [-0.4, -0.2) is 67.0 Å². The minimum Gasteiger partial charge on any atom is -0.447 e. The number of carbonyl (C=O) groups excluding carboxylic acids is 1. The Bertz CT molecular complexity index is 327. The van der Waals surface area contributed by atoms with E-state index in [4.69, 9.17) is 15.2 Å². The van der Waals surface area contributed by atoms with Crippen LogP contribution in [0.4, 0.5) is 4.79 Å². The Morgan fingerprint density at radius 2 is 1.95 bits per heavy atom. The quantitative estimate of drug-likeness (QED) is 0.309. The summed E-state index contributed by atoms with van der Waals surface area (Å²) in [6, 6.07) is 0. The molecule has 1 saturated heterocycles. The van der Waals surface area contributed by atoms with Gasteiger partial charge in [0.1, 0.15) is 18.8 Å². The second kappa shape index (κ2) is 13.4. The van der Waals surface area contributed by atoms with Gasteiger partial charge in [-0.2, -0.15) is 0 Å². The number of aliphatic hydroxyl groups is 2.